The maximum Gasteiger partial charge on any atom is 0.335 e. The molecule has 1 amide bonds. The van der Waals surface area contributed by atoms with Crippen molar-refractivity contribution in [1.82, 2.24) is 28.9 Å². The lowest BCUT2D eigenvalue weighted by molar-refractivity contribution is -0.131. The van der Waals surface area contributed by atoms with E-state index in [0.29, 0.717) is 42.2 Å². The van der Waals surface area contributed by atoms with Crippen molar-refractivity contribution in [3.05, 3.63) is 83.6 Å². The monoisotopic (exact) mass is 527 g/mol. The van der Waals surface area contributed by atoms with Crippen LogP contribution >= 0.6 is 0 Å². The number of hydrogen-bond donors (Lipinski definition) is 1. The fourth-order valence-corrected chi connectivity index (χ4v) is 4.91. The van der Waals surface area contributed by atoms with Gasteiger partial charge in [0.2, 0.25) is 5.91 Å². The zero-order valence-electron chi connectivity index (χ0n) is 21.3. The molecule has 4 heterocycles. The van der Waals surface area contributed by atoms with Gasteiger partial charge in [0, 0.05) is 38.8 Å². The standard InChI is InChI=1S/C28H29N7O4/c29-26-25-27(31-19-30-26)35(21-17-33(18-21)24(36)7-4-12-32-13-15-38-16-14-32)28(37)34(25)20-8-10-23(11-9-20)39-22-5-2-1-3-6-22/h1-11,19,21H,12-18H2,(H2,29,30,31). The van der Waals surface area contributed by atoms with Gasteiger partial charge >= 0.3 is 5.69 Å². The Labute approximate surface area is 224 Å². The van der Waals surface area contributed by atoms with Gasteiger partial charge < -0.3 is 20.1 Å². The van der Waals surface area contributed by atoms with Crippen molar-refractivity contribution >= 4 is 22.9 Å². The number of benzene rings is 2. The molecule has 11 nitrogen and oxygen atoms in total. The number of nitrogen functional groups attached to an aromatic ring is 1. The van der Waals surface area contributed by atoms with Crippen molar-refractivity contribution in [1.29, 1.82) is 0 Å². The lowest BCUT2D eigenvalue weighted by Crippen LogP contribution is -2.52. The largest absolute Gasteiger partial charge is 0.457 e. The zero-order valence-corrected chi connectivity index (χ0v) is 21.3. The topological polar surface area (TPSA) is 121 Å². The molecular formula is C28H29N7O4. The molecule has 4 aromatic rings. The maximum atomic E-state index is 13.7. The minimum Gasteiger partial charge on any atom is -0.457 e. The first-order valence-corrected chi connectivity index (χ1v) is 12.9. The predicted octanol–water partition coefficient (Wildman–Crippen LogP) is 2.23. The van der Waals surface area contributed by atoms with Crippen LogP contribution in [-0.2, 0) is 9.53 Å². The summed E-state index contributed by atoms with van der Waals surface area (Å²) in [6.07, 6.45) is 4.85. The number of amides is 1. The number of anilines is 1. The van der Waals surface area contributed by atoms with Crippen molar-refractivity contribution in [3.63, 3.8) is 0 Å². The van der Waals surface area contributed by atoms with Crippen LogP contribution in [0.25, 0.3) is 16.9 Å². The average molecular weight is 528 g/mol. The summed E-state index contributed by atoms with van der Waals surface area (Å²) >= 11 is 0. The third-order valence-corrected chi connectivity index (χ3v) is 7.02. The molecule has 11 heteroatoms. The molecule has 0 unspecified atom stereocenters. The number of fused-ring (bicyclic) bond motifs is 1. The molecule has 0 saturated carbocycles. The average Bonchev–Trinajstić information content (AvgIpc) is 3.22. The van der Waals surface area contributed by atoms with Crippen LogP contribution in [0.4, 0.5) is 5.82 Å². The van der Waals surface area contributed by atoms with E-state index in [1.165, 1.54) is 10.9 Å². The first kappa shape index (κ1) is 24.8. The Balaban J connectivity index is 1.21. The van der Waals surface area contributed by atoms with Gasteiger partial charge in [0.15, 0.2) is 11.5 Å². The van der Waals surface area contributed by atoms with E-state index in [4.69, 9.17) is 15.2 Å². The minimum atomic E-state index is -0.283. The van der Waals surface area contributed by atoms with Gasteiger partial charge in [0.05, 0.1) is 24.9 Å². The molecule has 2 N–H and O–H groups in total. The normalized spacial score (nSPS) is 16.6. The Hall–Kier alpha value is -4.48. The van der Waals surface area contributed by atoms with E-state index >= 15 is 0 Å². The Bertz CT molecular complexity index is 1550. The third kappa shape index (κ3) is 5.01. The van der Waals surface area contributed by atoms with Crippen molar-refractivity contribution in [3.8, 4) is 17.2 Å². The minimum absolute atomic E-state index is 0.0700. The maximum absolute atomic E-state index is 13.7. The summed E-state index contributed by atoms with van der Waals surface area (Å²) in [7, 11) is 0. The second-order valence-corrected chi connectivity index (χ2v) is 9.54. The van der Waals surface area contributed by atoms with Gasteiger partial charge in [-0.25, -0.2) is 14.8 Å². The summed E-state index contributed by atoms with van der Waals surface area (Å²) in [5.41, 5.74) is 7.44. The highest BCUT2D eigenvalue weighted by atomic mass is 16.5. The fraction of sp³-hybridized carbons (Fsp3) is 0.286. The lowest BCUT2D eigenvalue weighted by atomic mass is 10.1. The summed E-state index contributed by atoms with van der Waals surface area (Å²) < 4.78 is 14.4. The number of hydrogen-bond acceptors (Lipinski definition) is 8. The Kier molecular flexibility index (Phi) is 6.82. The second kappa shape index (κ2) is 10.7. The highest BCUT2D eigenvalue weighted by Gasteiger charge is 2.35. The van der Waals surface area contributed by atoms with Gasteiger partial charge in [-0.2, -0.15) is 0 Å². The van der Waals surface area contributed by atoms with E-state index in [9.17, 15) is 9.59 Å². The number of para-hydroxylation sites is 1. The van der Waals surface area contributed by atoms with Crippen molar-refractivity contribution < 1.29 is 14.3 Å². The van der Waals surface area contributed by atoms with Crippen LogP contribution in [0.2, 0.25) is 0 Å². The van der Waals surface area contributed by atoms with Crippen molar-refractivity contribution in [2.24, 2.45) is 0 Å². The van der Waals surface area contributed by atoms with Crippen LogP contribution in [0.3, 0.4) is 0 Å². The van der Waals surface area contributed by atoms with Gasteiger partial charge in [-0.05, 0) is 36.4 Å². The second-order valence-electron chi connectivity index (χ2n) is 9.54. The Morgan fingerprint density at radius 2 is 1.74 bits per heavy atom. The molecule has 2 aliphatic rings. The van der Waals surface area contributed by atoms with Crippen LogP contribution < -0.4 is 16.2 Å². The van der Waals surface area contributed by atoms with E-state index in [1.807, 2.05) is 36.4 Å². The molecule has 2 aliphatic heterocycles. The highest BCUT2D eigenvalue weighted by molar-refractivity contribution is 5.88. The number of imidazole rings is 1. The first-order chi connectivity index (χ1) is 19.1. The van der Waals surface area contributed by atoms with E-state index in [1.54, 1.807) is 39.8 Å². The molecule has 2 aromatic carbocycles. The number of carbonyl (C=O) groups is 1. The van der Waals surface area contributed by atoms with Crippen LogP contribution in [0.1, 0.15) is 6.04 Å². The van der Waals surface area contributed by atoms with Crippen LogP contribution in [0, 0.1) is 0 Å². The third-order valence-electron chi connectivity index (χ3n) is 7.02. The molecular weight excluding hydrogens is 498 g/mol. The summed E-state index contributed by atoms with van der Waals surface area (Å²) in [6.45, 7) is 4.71. The number of carbonyl (C=O) groups excluding carboxylic acids is 1. The van der Waals surface area contributed by atoms with Crippen LogP contribution in [0.15, 0.2) is 77.9 Å². The summed E-state index contributed by atoms with van der Waals surface area (Å²) in [5, 5.41) is 0. The van der Waals surface area contributed by atoms with Gasteiger partial charge in [0.1, 0.15) is 23.3 Å². The highest BCUT2D eigenvalue weighted by Crippen LogP contribution is 2.28. The van der Waals surface area contributed by atoms with Crippen molar-refractivity contribution in [2.75, 3.05) is 51.7 Å². The fourth-order valence-electron chi connectivity index (χ4n) is 4.91. The van der Waals surface area contributed by atoms with Crippen LogP contribution in [-0.4, -0.2) is 80.7 Å². The number of nitrogens with two attached hydrogens (primary N) is 1. The smallest absolute Gasteiger partial charge is 0.335 e. The number of ether oxygens (including phenoxy) is 2. The van der Waals surface area contributed by atoms with Crippen LogP contribution in [0.5, 0.6) is 11.5 Å². The molecule has 0 atom stereocenters. The number of morpholine rings is 1. The van der Waals surface area contributed by atoms with Gasteiger partial charge in [-0.3, -0.25) is 18.8 Å². The molecule has 2 aromatic heterocycles. The molecule has 39 heavy (non-hydrogen) atoms. The molecule has 0 spiro atoms. The van der Waals surface area contributed by atoms with E-state index in [-0.39, 0.29) is 23.5 Å². The summed E-state index contributed by atoms with van der Waals surface area (Å²) in [6, 6.07) is 16.4. The molecule has 0 radical (unpaired) electrons. The molecule has 0 aliphatic carbocycles. The summed E-state index contributed by atoms with van der Waals surface area (Å²) in [4.78, 5) is 38.9. The molecule has 2 fully saturated rings. The predicted molar refractivity (Wildman–Crippen MR) is 146 cm³/mol. The lowest BCUT2D eigenvalue weighted by Gasteiger charge is -2.38. The Morgan fingerprint density at radius 1 is 1.03 bits per heavy atom. The van der Waals surface area contributed by atoms with Crippen molar-refractivity contribution in [2.45, 2.75) is 6.04 Å². The van der Waals surface area contributed by atoms with E-state index in [2.05, 4.69) is 14.9 Å². The Morgan fingerprint density at radius 3 is 2.49 bits per heavy atom. The summed E-state index contributed by atoms with van der Waals surface area (Å²) in [5.74, 6) is 1.50. The van der Waals surface area contributed by atoms with Gasteiger partial charge in [0.25, 0.3) is 0 Å². The quantitative estimate of drug-likeness (QED) is 0.363. The molecule has 0 bridgehead atoms. The van der Waals surface area contributed by atoms with E-state index in [0.717, 1.165) is 32.1 Å². The van der Waals surface area contributed by atoms with Gasteiger partial charge in [-0.15, -0.1) is 0 Å². The van der Waals surface area contributed by atoms with Gasteiger partial charge in [-0.1, -0.05) is 24.3 Å². The number of rotatable bonds is 7. The SMILES string of the molecule is Nc1ncnc2c1n(-c1ccc(Oc3ccccc3)cc1)c(=O)n2C1CN(C(=O)C=CCN2CCOCC2)C1. The van der Waals surface area contributed by atoms with E-state index < -0.39 is 0 Å². The molecule has 200 valence electrons. The number of aromatic nitrogens is 4. The molecule has 6 rings (SSSR count). The molecule has 2 saturated heterocycles. The zero-order chi connectivity index (χ0) is 26.8. The number of nitrogens with zero attached hydrogens (tertiary/aromatic N) is 6. The first-order valence-electron chi connectivity index (χ1n) is 12.9. The number of likely N-dealkylation sites (tertiary alicyclic amines) is 1.